The van der Waals surface area contributed by atoms with Gasteiger partial charge in [-0.3, -0.25) is 14.5 Å². The molecule has 3 aromatic carbocycles. The van der Waals surface area contributed by atoms with Crippen molar-refractivity contribution in [1.29, 1.82) is 0 Å². The third kappa shape index (κ3) is 5.20. The Bertz CT molecular complexity index is 1040. The van der Waals surface area contributed by atoms with E-state index in [-0.39, 0.29) is 17.7 Å². The first-order valence-electron chi connectivity index (χ1n) is 11.9. The maximum Gasteiger partial charge on any atom is 0.314 e. The predicted molar refractivity (Wildman–Crippen MR) is 135 cm³/mol. The van der Waals surface area contributed by atoms with Crippen LogP contribution in [0.5, 0.6) is 0 Å². The van der Waals surface area contributed by atoms with Gasteiger partial charge >= 0.3 is 5.97 Å². The average molecular weight is 457 g/mol. The van der Waals surface area contributed by atoms with Crippen LogP contribution in [0.3, 0.4) is 0 Å². The molecule has 2 unspecified atom stereocenters. The van der Waals surface area contributed by atoms with Crippen molar-refractivity contribution < 1.29 is 14.7 Å². The van der Waals surface area contributed by atoms with Crippen molar-refractivity contribution in [2.45, 2.75) is 25.8 Å². The van der Waals surface area contributed by atoms with Gasteiger partial charge in [0.25, 0.3) is 0 Å². The van der Waals surface area contributed by atoms with E-state index in [0.29, 0.717) is 0 Å². The van der Waals surface area contributed by atoms with E-state index in [1.165, 1.54) is 18.1 Å². The summed E-state index contributed by atoms with van der Waals surface area (Å²) < 4.78 is 0. The van der Waals surface area contributed by atoms with Crippen LogP contribution in [0.1, 0.15) is 42.5 Å². The van der Waals surface area contributed by atoms with E-state index in [4.69, 9.17) is 0 Å². The lowest BCUT2D eigenvalue weighted by molar-refractivity contribution is -0.146. The van der Waals surface area contributed by atoms with E-state index >= 15 is 0 Å². The Hall–Kier alpha value is -3.44. The number of carboxylic acid groups (broad SMARTS) is 1. The van der Waals surface area contributed by atoms with E-state index in [1.54, 1.807) is 6.92 Å². The molecule has 34 heavy (non-hydrogen) atoms. The molecule has 1 aliphatic heterocycles. The van der Waals surface area contributed by atoms with Crippen molar-refractivity contribution >= 4 is 17.4 Å². The fraction of sp³-hybridized carbons (Fsp3) is 0.310. The molecule has 0 spiro atoms. The third-order valence-corrected chi connectivity index (χ3v) is 6.90. The molecule has 0 bridgehead atoms. The van der Waals surface area contributed by atoms with E-state index in [9.17, 15) is 14.7 Å². The number of benzene rings is 3. The van der Waals surface area contributed by atoms with Crippen molar-refractivity contribution in [3.8, 4) is 0 Å². The molecule has 0 saturated carbocycles. The maximum atomic E-state index is 11.8. The first-order chi connectivity index (χ1) is 16.5. The minimum absolute atomic E-state index is 0.229. The Labute approximate surface area is 201 Å². The number of carbonyl (C=O) groups excluding carboxylic acids is 1. The highest BCUT2D eigenvalue weighted by molar-refractivity contribution is 5.97. The molecule has 176 valence electrons. The summed E-state index contributed by atoms with van der Waals surface area (Å²) in [5.74, 6) is -2.75. The largest absolute Gasteiger partial charge is 0.481 e. The van der Waals surface area contributed by atoms with Crippen LogP contribution in [-0.4, -0.2) is 47.9 Å². The molecule has 1 heterocycles. The average Bonchev–Trinajstić information content (AvgIpc) is 2.86. The highest BCUT2D eigenvalue weighted by atomic mass is 16.4. The van der Waals surface area contributed by atoms with E-state index in [0.717, 1.165) is 37.4 Å². The lowest BCUT2D eigenvalue weighted by Crippen LogP contribution is -2.48. The van der Waals surface area contributed by atoms with E-state index in [2.05, 4.69) is 70.5 Å². The number of carbonyl (C=O) groups is 2. The van der Waals surface area contributed by atoms with Gasteiger partial charge in [0.2, 0.25) is 0 Å². The molecular weight excluding hydrogens is 424 g/mol. The number of carboxylic acids is 1. The smallest absolute Gasteiger partial charge is 0.314 e. The highest BCUT2D eigenvalue weighted by Gasteiger charge is 2.30. The summed E-state index contributed by atoms with van der Waals surface area (Å²) in [6, 6.07) is 29.6. The van der Waals surface area contributed by atoms with Crippen LogP contribution in [0.2, 0.25) is 0 Å². The van der Waals surface area contributed by atoms with Crippen LogP contribution in [0.25, 0.3) is 0 Å². The van der Waals surface area contributed by atoms with Gasteiger partial charge in [-0.1, -0.05) is 79.7 Å². The van der Waals surface area contributed by atoms with Gasteiger partial charge in [0, 0.05) is 37.8 Å². The number of ketones is 1. The molecule has 0 aliphatic carbocycles. The van der Waals surface area contributed by atoms with Gasteiger partial charge < -0.3 is 10.0 Å². The fourth-order valence-corrected chi connectivity index (χ4v) is 5.04. The van der Waals surface area contributed by atoms with Crippen LogP contribution in [0.15, 0.2) is 84.9 Å². The standard InChI is InChI=1S/C29H32N2O3/c1-21(27(22(2)32)29(33)34)23-13-15-26(16-14-23)30-17-19-31(20-18-30)28(24-9-5-3-6-10-24)25-11-7-4-8-12-25/h3-16,21,27-28H,17-20H2,1-2H3,(H,33,34). The summed E-state index contributed by atoms with van der Waals surface area (Å²) >= 11 is 0. The Morgan fingerprint density at radius 1 is 0.735 bits per heavy atom. The second kappa shape index (κ2) is 10.7. The van der Waals surface area contributed by atoms with Crippen LogP contribution in [0, 0.1) is 5.92 Å². The molecule has 0 aromatic heterocycles. The maximum absolute atomic E-state index is 11.8. The number of nitrogens with zero attached hydrogens (tertiary/aromatic N) is 2. The number of rotatable bonds is 8. The zero-order valence-corrected chi connectivity index (χ0v) is 19.8. The topological polar surface area (TPSA) is 60.9 Å². The summed E-state index contributed by atoms with van der Waals surface area (Å²) in [5, 5.41) is 9.43. The fourth-order valence-electron chi connectivity index (χ4n) is 5.04. The quantitative estimate of drug-likeness (QED) is 0.484. The molecule has 1 N–H and O–H groups in total. The zero-order chi connectivity index (χ0) is 24.1. The molecule has 1 aliphatic rings. The zero-order valence-electron chi connectivity index (χ0n) is 19.8. The number of hydrogen-bond donors (Lipinski definition) is 1. The number of aliphatic carboxylic acids is 1. The van der Waals surface area contributed by atoms with E-state index < -0.39 is 11.9 Å². The number of hydrogen-bond acceptors (Lipinski definition) is 4. The van der Waals surface area contributed by atoms with Crippen molar-refractivity contribution in [2.75, 3.05) is 31.1 Å². The minimum atomic E-state index is -1.06. The van der Waals surface area contributed by atoms with Crippen LogP contribution in [0.4, 0.5) is 5.69 Å². The molecule has 5 nitrogen and oxygen atoms in total. The van der Waals surface area contributed by atoms with Crippen LogP contribution < -0.4 is 4.90 Å². The predicted octanol–water partition coefficient (Wildman–Crippen LogP) is 4.99. The molecular formula is C29H32N2O3. The van der Waals surface area contributed by atoms with Crippen molar-refractivity contribution in [2.24, 2.45) is 5.92 Å². The SMILES string of the molecule is CC(=O)C(C(=O)O)C(C)c1ccc(N2CCN(C(c3ccccc3)c3ccccc3)CC2)cc1. The van der Waals surface area contributed by atoms with Crippen LogP contribution in [-0.2, 0) is 9.59 Å². The van der Waals surface area contributed by atoms with Gasteiger partial charge in [0.15, 0.2) is 0 Å². The number of piperazine rings is 1. The summed E-state index contributed by atoms with van der Waals surface area (Å²) in [6.45, 7) is 6.87. The molecule has 1 saturated heterocycles. The first kappa shape index (κ1) is 23.7. The van der Waals surface area contributed by atoms with Crippen molar-refractivity contribution in [3.05, 3.63) is 102 Å². The molecule has 4 rings (SSSR count). The highest BCUT2D eigenvalue weighted by Crippen LogP contribution is 2.31. The molecule has 5 heteroatoms. The monoisotopic (exact) mass is 456 g/mol. The van der Waals surface area contributed by atoms with Crippen molar-refractivity contribution in [3.63, 3.8) is 0 Å². The summed E-state index contributed by atoms with van der Waals surface area (Å²) in [7, 11) is 0. The summed E-state index contributed by atoms with van der Waals surface area (Å²) in [4.78, 5) is 28.3. The molecule has 0 radical (unpaired) electrons. The van der Waals surface area contributed by atoms with Gasteiger partial charge in [-0.25, -0.2) is 0 Å². The summed E-state index contributed by atoms with van der Waals surface area (Å²) in [5.41, 5.74) is 4.61. The van der Waals surface area contributed by atoms with Crippen molar-refractivity contribution in [1.82, 2.24) is 4.90 Å². The van der Waals surface area contributed by atoms with Gasteiger partial charge in [-0.2, -0.15) is 0 Å². The molecule has 3 aromatic rings. The third-order valence-electron chi connectivity index (χ3n) is 6.90. The van der Waals surface area contributed by atoms with Gasteiger partial charge in [-0.15, -0.1) is 0 Å². The molecule has 1 fully saturated rings. The Morgan fingerprint density at radius 2 is 1.24 bits per heavy atom. The Kier molecular flexibility index (Phi) is 7.43. The Morgan fingerprint density at radius 3 is 1.68 bits per heavy atom. The number of Topliss-reactive ketones (excluding diaryl/α,β-unsaturated/α-hetero) is 1. The van der Waals surface area contributed by atoms with Gasteiger partial charge in [-0.05, 0) is 35.7 Å². The molecule has 2 atom stereocenters. The van der Waals surface area contributed by atoms with Crippen LogP contribution >= 0.6 is 0 Å². The Balaban J connectivity index is 1.46. The van der Waals surface area contributed by atoms with Gasteiger partial charge in [0.1, 0.15) is 11.7 Å². The second-order valence-electron chi connectivity index (χ2n) is 9.05. The minimum Gasteiger partial charge on any atom is -0.481 e. The second-order valence-corrected chi connectivity index (χ2v) is 9.05. The summed E-state index contributed by atoms with van der Waals surface area (Å²) in [6.07, 6.45) is 0. The van der Waals surface area contributed by atoms with Gasteiger partial charge in [0.05, 0.1) is 6.04 Å². The lowest BCUT2D eigenvalue weighted by Gasteiger charge is -2.40. The molecule has 0 amide bonds. The number of anilines is 1. The van der Waals surface area contributed by atoms with E-state index in [1.807, 2.05) is 24.3 Å². The lowest BCUT2D eigenvalue weighted by atomic mass is 9.85. The normalized spacial score (nSPS) is 16.3. The first-order valence-corrected chi connectivity index (χ1v) is 11.9.